The van der Waals surface area contributed by atoms with E-state index in [-0.39, 0.29) is 17.6 Å². The van der Waals surface area contributed by atoms with Gasteiger partial charge in [0.05, 0.1) is 5.75 Å². The highest BCUT2D eigenvalue weighted by molar-refractivity contribution is 8.00. The fourth-order valence-corrected chi connectivity index (χ4v) is 2.06. The Hall–Kier alpha value is -1.76. The van der Waals surface area contributed by atoms with Crippen LogP contribution in [0.5, 0.6) is 0 Å². The Morgan fingerprint density at radius 1 is 1.32 bits per heavy atom. The Bertz CT molecular complexity index is 468. The molecule has 0 saturated heterocycles. The van der Waals surface area contributed by atoms with Crippen molar-refractivity contribution >= 4 is 29.3 Å². The van der Waals surface area contributed by atoms with Crippen LogP contribution < -0.4 is 16.4 Å². The molecule has 1 aromatic rings. The average molecular weight is 285 g/mol. The number of nitrogens with two attached hydrogens (primary N) is 1. The van der Waals surface area contributed by atoms with Gasteiger partial charge in [-0.2, -0.15) is 0 Å². The lowest BCUT2D eigenvalue weighted by Crippen LogP contribution is -2.34. The zero-order valence-corrected chi connectivity index (χ0v) is 11.3. The molecule has 0 aliphatic heterocycles. The molecule has 0 radical (unpaired) electrons. The molecule has 0 aliphatic carbocycles. The van der Waals surface area contributed by atoms with Gasteiger partial charge in [0.2, 0.25) is 11.8 Å². The van der Waals surface area contributed by atoms with E-state index in [0.717, 1.165) is 0 Å². The largest absolute Gasteiger partial charge is 0.398 e. The number of nitrogens with one attached hydrogen (secondary N) is 2. The van der Waals surface area contributed by atoms with Gasteiger partial charge in [0.15, 0.2) is 0 Å². The number of hydrogen-bond acceptors (Lipinski definition) is 4. The van der Waals surface area contributed by atoms with Crippen molar-refractivity contribution in [2.75, 3.05) is 24.6 Å². The summed E-state index contributed by atoms with van der Waals surface area (Å²) in [5.41, 5.74) is 5.94. The topological polar surface area (TPSA) is 84.2 Å². The van der Waals surface area contributed by atoms with Crippen LogP contribution in [0.4, 0.5) is 10.1 Å². The normalized spacial score (nSPS) is 10.0. The van der Waals surface area contributed by atoms with Crippen LogP contribution >= 0.6 is 11.8 Å². The summed E-state index contributed by atoms with van der Waals surface area (Å²) in [6.45, 7) is 2.18. The number of rotatable bonds is 6. The predicted molar refractivity (Wildman–Crippen MR) is 73.2 cm³/mol. The molecule has 0 atom stereocenters. The minimum atomic E-state index is -0.401. The second-order valence-corrected chi connectivity index (χ2v) is 4.82. The van der Waals surface area contributed by atoms with Crippen LogP contribution in [-0.2, 0) is 9.59 Å². The minimum Gasteiger partial charge on any atom is -0.398 e. The van der Waals surface area contributed by atoms with Gasteiger partial charge in [-0.25, -0.2) is 4.39 Å². The van der Waals surface area contributed by atoms with Crippen LogP contribution in [0.1, 0.15) is 6.92 Å². The van der Waals surface area contributed by atoms with Gasteiger partial charge in [-0.3, -0.25) is 9.59 Å². The molecule has 1 rings (SSSR count). The fraction of sp³-hybridized carbons (Fsp3) is 0.333. The molecular formula is C12H16FN3O2S. The van der Waals surface area contributed by atoms with Crippen molar-refractivity contribution in [3.8, 4) is 0 Å². The van der Waals surface area contributed by atoms with E-state index in [9.17, 15) is 14.0 Å². The highest BCUT2D eigenvalue weighted by atomic mass is 32.2. The van der Waals surface area contributed by atoms with Gasteiger partial charge in [0.1, 0.15) is 5.82 Å². The number of anilines is 1. The molecule has 4 N–H and O–H groups in total. The maximum Gasteiger partial charge on any atom is 0.230 e. The average Bonchev–Trinajstić information content (AvgIpc) is 2.33. The van der Waals surface area contributed by atoms with E-state index in [2.05, 4.69) is 10.6 Å². The minimum absolute atomic E-state index is 0.136. The first-order valence-corrected chi connectivity index (χ1v) is 6.66. The molecule has 1 aromatic carbocycles. The molecule has 0 aliphatic rings. The number of nitrogen functional groups attached to an aromatic ring is 1. The Labute approximate surface area is 115 Å². The summed E-state index contributed by atoms with van der Waals surface area (Å²) >= 11 is 1.24. The summed E-state index contributed by atoms with van der Waals surface area (Å²) in [6, 6.07) is 4.06. The Kier molecular flexibility index (Phi) is 6.14. The lowest BCUT2D eigenvalue weighted by Gasteiger charge is -2.07. The van der Waals surface area contributed by atoms with Crippen LogP contribution in [0.3, 0.4) is 0 Å². The van der Waals surface area contributed by atoms with Gasteiger partial charge in [0, 0.05) is 30.6 Å². The molecule has 0 bridgehead atoms. The van der Waals surface area contributed by atoms with Crippen molar-refractivity contribution in [1.82, 2.24) is 10.6 Å². The number of carbonyl (C=O) groups is 2. The first-order valence-electron chi connectivity index (χ1n) is 5.68. The third kappa shape index (κ3) is 6.10. The van der Waals surface area contributed by atoms with Crippen molar-refractivity contribution in [1.29, 1.82) is 0 Å². The number of amides is 2. The third-order valence-corrected chi connectivity index (χ3v) is 3.24. The summed E-state index contributed by atoms with van der Waals surface area (Å²) < 4.78 is 12.8. The quantitative estimate of drug-likeness (QED) is 0.409. The third-order valence-electron chi connectivity index (χ3n) is 2.15. The van der Waals surface area contributed by atoms with Crippen LogP contribution in [0.25, 0.3) is 0 Å². The molecule has 7 heteroatoms. The summed E-state index contributed by atoms with van der Waals surface area (Å²) in [4.78, 5) is 22.7. The summed E-state index contributed by atoms with van der Waals surface area (Å²) in [5, 5.41) is 5.22. The smallest absolute Gasteiger partial charge is 0.230 e. The highest BCUT2D eigenvalue weighted by Gasteiger charge is 2.05. The highest BCUT2D eigenvalue weighted by Crippen LogP contribution is 2.25. The fourth-order valence-electron chi connectivity index (χ4n) is 1.29. The molecule has 0 fully saturated rings. The second-order valence-electron chi connectivity index (χ2n) is 3.80. The van der Waals surface area contributed by atoms with E-state index in [4.69, 9.17) is 5.73 Å². The van der Waals surface area contributed by atoms with Crippen LogP contribution in [0.15, 0.2) is 23.1 Å². The molecule has 104 valence electrons. The van der Waals surface area contributed by atoms with E-state index < -0.39 is 5.82 Å². The number of thioether (sulfide) groups is 1. The van der Waals surface area contributed by atoms with Gasteiger partial charge in [-0.1, -0.05) is 0 Å². The summed E-state index contributed by atoms with van der Waals surface area (Å²) in [7, 11) is 0. The first kappa shape index (κ1) is 15.3. The van der Waals surface area contributed by atoms with Crippen molar-refractivity contribution < 1.29 is 14.0 Å². The summed E-state index contributed by atoms with van der Waals surface area (Å²) in [5.74, 6) is -0.515. The second kappa shape index (κ2) is 7.63. The zero-order chi connectivity index (χ0) is 14.3. The lowest BCUT2D eigenvalue weighted by atomic mass is 10.3. The van der Waals surface area contributed by atoms with Crippen molar-refractivity contribution in [3.05, 3.63) is 24.0 Å². The lowest BCUT2D eigenvalue weighted by molar-refractivity contribution is -0.120. The molecule has 0 unspecified atom stereocenters. The van der Waals surface area contributed by atoms with E-state index in [1.165, 1.54) is 30.8 Å². The summed E-state index contributed by atoms with van der Waals surface area (Å²) in [6.07, 6.45) is 0. The maximum atomic E-state index is 12.8. The number of halogens is 1. The van der Waals surface area contributed by atoms with Crippen molar-refractivity contribution in [2.24, 2.45) is 0 Å². The zero-order valence-electron chi connectivity index (χ0n) is 10.5. The Morgan fingerprint density at radius 2 is 2.00 bits per heavy atom. The molecular weight excluding hydrogens is 269 g/mol. The van der Waals surface area contributed by atoms with Crippen molar-refractivity contribution in [2.45, 2.75) is 11.8 Å². The van der Waals surface area contributed by atoms with E-state index in [0.29, 0.717) is 23.7 Å². The Morgan fingerprint density at radius 3 is 2.63 bits per heavy atom. The van der Waals surface area contributed by atoms with Crippen LogP contribution in [0.2, 0.25) is 0 Å². The van der Waals surface area contributed by atoms with E-state index in [1.807, 2.05) is 0 Å². The molecule has 0 heterocycles. The van der Waals surface area contributed by atoms with Gasteiger partial charge in [0.25, 0.3) is 0 Å². The number of hydrogen-bond donors (Lipinski definition) is 3. The molecule has 2 amide bonds. The molecule has 19 heavy (non-hydrogen) atoms. The number of carbonyl (C=O) groups excluding carboxylic acids is 2. The van der Waals surface area contributed by atoms with Crippen LogP contribution in [0, 0.1) is 5.82 Å². The predicted octanol–water partition coefficient (Wildman–Crippen LogP) is 0.752. The van der Waals surface area contributed by atoms with Gasteiger partial charge < -0.3 is 16.4 Å². The molecule has 0 aromatic heterocycles. The molecule has 0 spiro atoms. The van der Waals surface area contributed by atoms with Gasteiger partial charge in [-0.15, -0.1) is 11.8 Å². The maximum absolute atomic E-state index is 12.8. The van der Waals surface area contributed by atoms with E-state index >= 15 is 0 Å². The SMILES string of the molecule is CC(=O)NCCNC(=O)CSc1ccc(F)cc1N. The number of benzene rings is 1. The Balaban J connectivity index is 2.28. The van der Waals surface area contributed by atoms with Crippen LogP contribution in [-0.4, -0.2) is 30.7 Å². The standard InChI is InChI=1S/C12H16FN3O2S/c1-8(17)15-4-5-16-12(18)7-19-11-3-2-9(13)6-10(11)14/h2-3,6H,4-5,7,14H2,1H3,(H,15,17)(H,16,18). The molecule has 0 saturated carbocycles. The first-order chi connectivity index (χ1) is 8.99. The molecule has 5 nitrogen and oxygen atoms in total. The van der Waals surface area contributed by atoms with Gasteiger partial charge in [-0.05, 0) is 18.2 Å². The van der Waals surface area contributed by atoms with Gasteiger partial charge >= 0.3 is 0 Å². The van der Waals surface area contributed by atoms with Crippen molar-refractivity contribution in [3.63, 3.8) is 0 Å². The van der Waals surface area contributed by atoms with E-state index in [1.54, 1.807) is 6.07 Å². The monoisotopic (exact) mass is 285 g/mol.